The van der Waals surface area contributed by atoms with Gasteiger partial charge in [-0.25, -0.2) is 0 Å². The number of carbonyl (C=O) groups is 1. The number of hydrogen-bond donors (Lipinski definition) is 1. The maximum Gasteiger partial charge on any atom is 0.416 e. The Morgan fingerprint density at radius 2 is 1.84 bits per heavy atom. The molecule has 2 aromatic rings. The predicted molar refractivity (Wildman–Crippen MR) is 118 cm³/mol. The van der Waals surface area contributed by atoms with Crippen molar-refractivity contribution in [2.24, 2.45) is 5.92 Å². The molecule has 170 valence electrons. The molecule has 1 N–H and O–H groups in total. The first kappa shape index (κ1) is 21.6. The minimum atomic E-state index is -4.39. The SMILES string of the molecule is O=C(NC1CC1)[C@H]1Cc2cc(C(F)(F)F)ccc2N2CCN(Cc3ccc(Cl)cc3)C[C@@H]12. The van der Waals surface area contributed by atoms with Crippen LogP contribution in [0.15, 0.2) is 42.5 Å². The molecule has 1 saturated heterocycles. The van der Waals surface area contributed by atoms with Gasteiger partial charge in [0.2, 0.25) is 5.91 Å². The van der Waals surface area contributed by atoms with E-state index in [0.29, 0.717) is 30.1 Å². The van der Waals surface area contributed by atoms with E-state index in [0.717, 1.165) is 43.2 Å². The zero-order valence-corrected chi connectivity index (χ0v) is 18.3. The number of hydrogen-bond acceptors (Lipinski definition) is 3. The summed E-state index contributed by atoms with van der Waals surface area (Å²) in [6, 6.07) is 11.8. The molecule has 1 amide bonds. The van der Waals surface area contributed by atoms with Gasteiger partial charge in [0.25, 0.3) is 0 Å². The highest BCUT2D eigenvalue weighted by Gasteiger charge is 2.43. The number of fused-ring (bicyclic) bond motifs is 3. The highest BCUT2D eigenvalue weighted by atomic mass is 35.5. The highest BCUT2D eigenvalue weighted by molar-refractivity contribution is 6.30. The Kier molecular flexibility index (Phi) is 5.58. The van der Waals surface area contributed by atoms with Crippen LogP contribution >= 0.6 is 11.6 Å². The van der Waals surface area contributed by atoms with Gasteiger partial charge in [-0.05, 0) is 60.7 Å². The van der Waals surface area contributed by atoms with Crippen LogP contribution in [0.3, 0.4) is 0 Å². The average Bonchev–Trinajstić information content (AvgIpc) is 3.57. The fourth-order valence-corrected chi connectivity index (χ4v) is 5.01. The van der Waals surface area contributed by atoms with Gasteiger partial charge >= 0.3 is 6.18 Å². The Balaban J connectivity index is 1.41. The second-order valence-corrected chi connectivity index (χ2v) is 9.49. The average molecular weight is 464 g/mol. The van der Waals surface area contributed by atoms with Gasteiger partial charge in [-0.1, -0.05) is 23.7 Å². The Hall–Kier alpha value is -2.25. The van der Waals surface area contributed by atoms with Crippen molar-refractivity contribution in [3.05, 3.63) is 64.2 Å². The quantitative estimate of drug-likeness (QED) is 0.725. The third-order valence-corrected chi connectivity index (χ3v) is 6.96. The summed E-state index contributed by atoms with van der Waals surface area (Å²) in [6.45, 7) is 2.88. The molecule has 3 aliphatic rings. The van der Waals surface area contributed by atoms with Gasteiger partial charge in [-0.2, -0.15) is 13.2 Å². The smallest absolute Gasteiger partial charge is 0.365 e. The van der Waals surface area contributed by atoms with Crippen molar-refractivity contribution in [3.63, 3.8) is 0 Å². The summed E-state index contributed by atoms with van der Waals surface area (Å²) in [5, 5.41) is 3.77. The molecule has 0 aromatic heterocycles. The molecule has 2 aromatic carbocycles. The van der Waals surface area contributed by atoms with E-state index >= 15 is 0 Å². The van der Waals surface area contributed by atoms with Crippen LogP contribution in [0.4, 0.5) is 18.9 Å². The lowest BCUT2D eigenvalue weighted by Crippen LogP contribution is -2.61. The fourth-order valence-electron chi connectivity index (χ4n) is 4.89. The second kappa shape index (κ2) is 8.27. The molecule has 8 heteroatoms. The standard InChI is InChI=1S/C24H25ClF3N3O/c25-18-4-1-15(2-5-18)13-30-9-10-31-21-8-3-17(24(26,27)28)11-16(21)12-20(22(31)14-30)23(32)29-19-6-7-19/h1-5,8,11,19-20,22H,6-7,9-10,12-14H2,(H,29,32)/t20-,22-/m0/s1. The lowest BCUT2D eigenvalue weighted by molar-refractivity contribution is -0.137. The van der Waals surface area contributed by atoms with Gasteiger partial charge in [0.15, 0.2) is 0 Å². The number of amides is 1. The number of anilines is 1. The topological polar surface area (TPSA) is 35.6 Å². The first-order chi connectivity index (χ1) is 15.3. The molecule has 1 saturated carbocycles. The van der Waals surface area contributed by atoms with Crippen LogP contribution in [0.1, 0.15) is 29.5 Å². The summed E-state index contributed by atoms with van der Waals surface area (Å²) in [7, 11) is 0. The summed E-state index contributed by atoms with van der Waals surface area (Å²) in [4.78, 5) is 17.6. The molecular weight excluding hydrogens is 439 g/mol. The van der Waals surface area contributed by atoms with E-state index in [9.17, 15) is 18.0 Å². The molecule has 2 fully saturated rings. The van der Waals surface area contributed by atoms with Gasteiger partial charge < -0.3 is 10.2 Å². The van der Waals surface area contributed by atoms with E-state index in [1.165, 1.54) is 6.07 Å². The van der Waals surface area contributed by atoms with E-state index in [1.807, 2.05) is 24.3 Å². The van der Waals surface area contributed by atoms with Crippen LogP contribution in [0.2, 0.25) is 5.02 Å². The first-order valence-electron chi connectivity index (χ1n) is 11.0. The lowest BCUT2D eigenvalue weighted by Gasteiger charge is -2.49. The van der Waals surface area contributed by atoms with Gasteiger partial charge in [-0.15, -0.1) is 0 Å². The number of carbonyl (C=O) groups excluding carboxylic acids is 1. The van der Waals surface area contributed by atoms with E-state index in [2.05, 4.69) is 15.1 Å². The van der Waals surface area contributed by atoms with Crippen LogP contribution in [0, 0.1) is 5.92 Å². The van der Waals surface area contributed by atoms with E-state index in [1.54, 1.807) is 6.07 Å². The molecule has 5 rings (SSSR count). The van der Waals surface area contributed by atoms with Crippen molar-refractivity contribution in [2.75, 3.05) is 24.5 Å². The number of benzene rings is 2. The summed E-state index contributed by atoms with van der Waals surface area (Å²) in [5.41, 5.74) is 1.92. The molecule has 32 heavy (non-hydrogen) atoms. The molecule has 2 aliphatic heterocycles. The number of alkyl halides is 3. The molecule has 2 atom stereocenters. The van der Waals surface area contributed by atoms with Crippen LogP contribution in [-0.2, 0) is 23.9 Å². The monoisotopic (exact) mass is 463 g/mol. The number of piperazine rings is 1. The van der Waals surface area contributed by atoms with Crippen molar-refractivity contribution >= 4 is 23.2 Å². The molecular formula is C24H25ClF3N3O. The summed E-state index contributed by atoms with van der Waals surface area (Å²) < 4.78 is 39.9. The van der Waals surface area contributed by atoms with Crippen molar-refractivity contribution in [1.29, 1.82) is 0 Å². The zero-order valence-electron chi connectivity index (χ0n) is 17.5. The molecule has 2 heterocycles. The third-order valence-electron chi connectivity index (χ3n) is 6.70. The maximum atomic E-state index is 13.3. The Labute approximate surface area is 190 Å². The summed E-state index contributed by atoms with van der Waals surface area (Å²) >= 11 is 6.00. The molecule has 0 radical (unpaired) electrons. The minimum Gasteiger partial charge on any atom is -0.365 e. The molecule has 4 nitrogen and oxygen atoms in total. The number of nitrogens with zero attached hydrogens (tertiary/aromatic N) is 2. The maximum absolute atomic E-state index is 13.3. The molecule has 0 unspecified atom stereocenters. The van der Waals surface area contributed by atoms with Crippen LogP contribution < -0.4 is 10.2 Å². The number of nitrogens with one attached hydrogen (secondary N) is 1. The molecule has 1 aliphatic carbocycles. The van der Waals surface area contributed by atoms with Gasteiger partial charge in [0.1, 0.15) is 0 Å². The van der Waals surface area contributed by atoms with E-state index in [-0.39, 0.29) is 23.9 Å². The fraction of sp³-hybridized carbons (Fsp3) is 0.458. The highest BCUT2D eigenvalue weighted by Crippen LogP contribution is 2.40. The van der Waals surface area contributed by atoms with Gasteiger partial charge in [0.05, 0.1) is 17.5 Å². The van der Waals surface area contributed by atoms with Gasteiger partial charge in [-0.3, -0.25) is 9.69 Å². The van der Waals surface area contributed by atoms with E-state index < -0.39 is 11.7 Å². The molecule has 0 spiro atoms. The van der Waals surface area contributed by atoms with Crippen LogP contribution in [0.5, 0.6) is 0 Å². The first-order valence-corrected chi connectivity index (χ1v) is 11.4. The Morgan fingerprint density at radius 3 is 2.53 bits per heavy atom. The second-order valence-electron chi connectivity index (χ2n) is 9.06. The van der Waals surface area contributed by atoms with Crippen molar-refractivity contribution in [3.8, 4) is 0 Å². The lowest BCUT2D eigenvalue weighted by atomic mass is 9.82. The van der Waals surface area contributed by atoms with Crippen LogP contribution in [0.25, 0.3) is 0 Å². The van der Waals surface area contributed by atoms with E-state index in [4.69, 9.17) is 11.6 Å². The number of rotatable bonds is 4. The predicted octanol–water partition coefficient (Wildman–Crippen LogP) is 4.50. The summed E-state index contributed by atoms with van der Waals surface area (Å²) in [5.74, 6) is -0.418. The normalized spacial score (nSPS) is 23.4. The largest absolute Gasteiger partial charge is 0.416 e. The van der Waals surface area contributed by atoms with Crippen LogP contribution in [-0.4, -0.2) is 42.5 Å². The molecule has 0 bridgehead atoms. The van der Waals surface area contributed by atoms with Crippen molar-refractivity contribution in [2.45, 2.75) is 44.1 Å². The summed E-state index contributed by atoms with van der Waals surface area (Å²) in [6.07, 6.45) is -2.11. The van der Waals surface area contributed by atoms with Crippen molar-refractivity contribution in [1.82, 2.24) is 10.2 Å². The number of halogens is 4. The minimum absolute atomic E-state index is 0.0427. The Bertz CT molecular complexity index is 1010. The van der Waals surface area contributed by atoms with Crippen molar-refractivity contribution < 1.29 is 18.0 Å². The third kappa shape index (κ3) is 4.46. The van der Waals surface area contributed by atoms with Gasteiger partial charge in [0, 0.05) is 42.9 Å². The Morgan fingerprint density at radius 1 is 1.09 bits per heavy atom. The zero-order chi connectivity index (χ0) is 22.5.